The topological polar surface area (TPSA) is 15.3 Å². The molecule has 138 valence electrons. The predicted octanol–water partition coefficient (Wildman–Crippen LogP) is 5.44. The molecule has 8 aliphatic rings. The van der Waals surface area contributed by atoms with Gasteiger partial charge in [0.05, 0.1) is 5.54 Å². The first-order chi connectivity index (χ1) is 12.1. The van der Waals surface area contributed by atoms with Gasteiger partial charge in [0.15, 0.2) is 0 Å². The highest BCUT2D eigenvalue weighted by Crippen LogP contribution is 2.58. The van der Waals surface area contributed by atoms with Crippen LogP contribution in [0.5, 0.6) is 0 Å². The Labute approximate surface area is 157 Å². The Morgan fingerprint density at radius 2 is 1.08 bits per heavy atom. The van der Waals surface area contributed by atoms with E-state index in [1.807, 2.05) is 0 Å². The van der Waals surface area contributed by atoms with Crippen molar-refractivity contribution in [3.05, 3.63) is 12.4 Å². The molecule has 8 bridgehead atoms. The van der Waals surface area contributed by atoms with Gasteiger partial charge in [0, 0.05) is 29.7 Å². The van der Waals surface area contributed by atoms with Gasteiger partial charge in [-0.25, -0.2) is 0 Å². The first-order valence-electron chi connectivity index (χ1n) is 11.0. The van der Waals surface area contributed by atoms with Gasteiger partial charge in [0.1, 0.15) is 0 Å². The molecule has 0 amide bonds. The van der Waals surface area contributed by atoms with E-state index in [0.29, 0.717) is 5.54 Å². The number of halogens is 1. The van der Waals surface area contributed by atoms with Gasteiger partial charge in [0.2, 0.25) is 0 Å². The molecule has 2 nitrogen and oxygen atoms in total. The van der Waals surface area contributed by atoms with Crippen molar-refractivity contribution in [2.45, 2.75) is 88.1 Å². The third-order valence-electron chi connectivity index (χ3n) is 9.09. The fourth-order valence-electron chi connectivity index (χ4n) is 9.05. The van der Waals surface area contributed by atoms with Crippen molar-refractivity contribution in [2.24, 2.45) is 35.5 Å². The molecule has 0 atom stereocenters. The van der Waals surface area contributed by atoms with Gasteiger partial charge in [0.25, 0.3) is 0 Å². The molecule has 0 heterocycles. The van der Waals surface area contributed by atoms with Crippen LogP contribution in [0.4, 0.5) is 0 Å². The second-order valence-corrected chi connectivity index (χ2v) is 11.5. The maximum absolute atomic E-state index is 6.89. The molecule has 8 fully saturated rings. The zero-order chi connectivity index (χ0) is 16.6. The second kappa shape index (κ2) is 5.33. The zero-order valence-corrected chi connectivity index (χ0v) is 16.2. The van der Waals surface area contributed by atoms with Crippen LogP contribution in [-0.4, -0.2) is 15.5 Å². The van der Waals surface area contributed by atoms with E-state index in [1.54, 1.807) is 0 Å². The lowest BCUT2D eigenvalue weighted by Crippen LogP contribution is -2.57. The molecule has 8 aliphatic carbocycles. The van der Waals surface area contributed by atoms with Gasteiger partial charge in [-0.15, -0.1) is 0 Å². The second-order valence-electron chi connectivity index (χ2n) is 11.1. The van der Waals surface area contributed by atoms with Crippen LogP contribution in [0.15, 0.2) is 12.4 Å². The largest absolute Gasteiger partial charge is 0.384 e. The molecule has 25 heavy (non-hydrogen) atoms. The van der Waals surface area contributed by atoms with Crippen LogP contribution in [0.25, 0.3) is 0 Å². The van der Waals surface area contributed by atoms with Gasteiger partial charge >= 0.3 is 0 Å². The molecular weight excluding hydrogens is 328 g/mol. The summed E-state index contributed by atoms with van der Waals surface area (Å²) >= 11 is 6.89. The smallest absolute Gasteiger partial charge is 0.0570 e. The summed E-state index contributed by atoms with van der Waals surface area (Å²) in [5, 5.41) is 3.88. The van der Waals surface area contributed by atoms with Crippen molar-refractivity contribution < 1.29 is 0 Å². The maximum atomic E-state index is 6.89. The van der Waals surface area contributed by atoms with Gasteiger partial charge < -0.3 is 5.32 Å². The van der Waals surface area contributed by atoms with Gasteiger partial charge in [-0.2, -0.15) is 0 Å². The maximum Gasteiger partial charge on any atom is 0.0570 e. The van der Waals surface area contributed by atoms with Crippen molar-refractivity contribution in [3.8, 4) is 0 Å². The molecule has 0 saturated heterocycles. The summed E-state index contributed by atoms with van der Waals surface area (Å²) < 4.78 is 2.12. The molecule has 1 N–H and O–H groups in total. The van der Waals surface area contributed by atoms with Gasteiger partial charge in [-0.3, -0.25) is 4.42 Å². The highest BCUT2D eigenvalue weighted by atomic mass is 35.5. The predicted molar refractivity (Wildman–Crippen MR) is 102 cm³/mol. The van der Waals surface area contributed by atoms with Crippen LogP contribution in [-0.2, 0) is 0 Å². The fraction of sp³-hybridized carbons (Fsp3) is 0.909. The normalized spacial score (nSPS) is 55.2. The van der Waals surface area contributed by atoms with Crippen molar-refractivity contribution in [2.75, 3.05) is 0 Å². The molecular formula is C22H33ClN2. The summed E-state index contributed by atoms with van der Waals surface area (Å²) in [5.74, 6) is 5.87. The van der Waals surface area contributed by atoms with E-state index in [0.717, 1.165) is 35.5 Å². The number of rotatable bonds is 4. The quantitative estimate of drug-likeness (QED) is 0.671. The first-order valence-corrected chi connectivity index (χ1v) is 11.3. The van der Waals surface area contributed by atoms with E-state index in [-0.39, 0.29) is 5.54 Å². The summed E-state index contributed by atoms with van der Waals surface area (Å²) in [4.78, 5) is 0. The molecule has 0 unspecified atom stereocenters. The average Bonchev–Trinajstić information content (AvgIpc) is 2.52. The van der Waals surface area contributed by atoms with E-state index in [4.69, 9.17) is 11.8 Å². The minimum atomic E-state index is 0.274. The summed E-state index contributed by atoms with van der Waals surface area (Å²) in [7, 11) is 0. The Morgan fingerprint density at radius 1 is 0.680 bits per heavy atom. The van der Waals surface area contributed by atoms with Crippen molar-refractivity contribution in [1.29, 1.82) is 0 Å². The molecule has 0 spiro atoms. The van der Waals surface area contributed by atoms with Crippen LogP contribution in [0, 0.1) is 35.5 Å². The van der Waals surface area contributed by atoms with Crippen LogP contribution in [0.3, 0.4) is 0 Å². The number of hydrogen-bond acceptors (Lipinski definition) is 2. The number of hydrogen-bond donors (Lipinski definition) is 1. The molecule has 8 saturated carbocycles. The molecule has 0 aromatic carbocycles. The standard InChI is InChI=1S/C22H33ClN2/c23-25(22-12-18-6-19(13-22)8-20(7-18)14-22)2-1-24-21-9-15-3-16(10-21)5-17(4-15)11-21/h1-2,15-20,24H,3-14H2/b2-1-. The van der Waals surface area contributed by atoms with E-state index in [9.17, 15) is 0 Å². The van der Waals surface area contributed by atoms with Gasteiger partial charge in [-0.05, 0) is 113 Å². The molecule has 3 heteroatoms. The number of nitrogens with one attached hydrogen (secondary N) is 1. The highest BCUT2D eigenvalue weighted by Gasteiger charge is 2.53. The lowest BCUT2D eigenvalue weighted by molar-refractivity contribution is -0.0440. The van der Waals surface area contributed by atoms with E-state index in [1.165, 1.54) is 77.0 Å². The van der Waals surface area contributed by atoms with Gasteiger partial charge in [-0.1, -0.05) is 0 Å². The third kappa shape index (κ3) is 2.49. The SMILES string of the molecule is ClN(/C=C\NC12CC3CC(CC(C3)C1)C2)C12CC3CC(CC(C3)C1)C2. The zero-order valence-electron chi connectivity index (χ0n) is 15.4. The summed E-state index contributed by atoms with van der Waals surface area (Å²) in [5.41, 5.74) is 0.681. The van der Waals surface area contributed by atoms with E-state index < -0.39 is 0 Å². The third-order valence-corrected chi connectivity index (χ3v) is 9.56. The molecule has 0 aliphatic heterocycles. The average molecular weight is 361 g/mol. The van der Waals surface area contributed by atoms with Crippen LogP contribution in [0.1, 0.15) is 77.0 Å². The summed E-state index contributed by atoms with van der Waals surface area (Å²) in [6, 6.07) is 0. The van der Waals surface area contributed by atoms with Crippen LogP contribution >= 0.6 is 11.8 Å². The molecule has 0 aromatic heterocycles. The van der Waals surface area contributed by atoms with Crippen LogP contribution in [0.2, 0.25) is 0 Å². The summed E-state index contributed by atoms with van der Waals surface area (Å²) in [6.07, 6.45) is 21.7. The van der Waals surface area contributed by atoms with Crippen molar-refractivity contribution >= 4 is 11.8 Å². The molecule has 0 aromatic rings. The first kappa shape index (κ1) is 15.7. The Balaban J connectivity index is 1.15. The van der Waals surface area contributed by atoms with E-state index >= 15 is 0 Å². The Morgan fingerprint density at radius 3 is 1.52 bits per heavy atom. The molecule has 8 rings (SSSR count). The van der Waals surface area contributed by atoms with Crippen molar-refractivity contribution in [3.63, 3.8) is 0 Å². The Bertz CT molecular complexity index is 512. The lowest BCUT2D eigenvalue weighted by Gasteiger charge is -2.58. The van der Waals surface area contributed by atoms with Crippen LogP contribution < -0.4 is 5.32 Å². The van der Waals surface area contributed by atoms with E-state index in [2.05, 4.69) is 22.1 Å². The summed E-state index contributed by atoms with van der Waals surface area (Å²) in [6.45, 7) is 0. The Kier molecular flexibility index (Phi) is 3.34. The minimum Gasteiger partial charge on any atom is -0.384 e. The molecule has 0 radical (unpaired) electrons. The minimum absolute atomic E-state index is 0.274. The fourth-order valence-corrected chi connectivity index (χ4v) is 9.31. The monoisotopic (exact) mass is 360 g/mol. The lowest BCUT2D eigenvalue weighted by atomic mass is 9.53. The number of nitrogens with zero attached hydrogens (tertiary/aromatic N) is 1. The van der Waals surface area contributed by atoms with Crippen molar-refractivity contribution in [1.82, 2.24) is 9.74 Å². The highest BCUT2D eigenvalue weighted by molar-refractivity contribution is 6.14. The Hall–Kier alpha value is -0.370.